The first-order chi connectivity index (χ1) is 14.2. The Bertz CT molecular complexity index is 783. The van der Waals surface area contributed by atoms with Gasteiger partial charge in [-0.2, -0.15) is 0 Å². The van der Waals surface area contributed by atoms with Crippen LogP contribution >= 0.6 is 0 Å². The predicted molar refractivity (Wildman–Crippen MR) is 112 cm³/mol. The molecule has 6 heteroatoms. The maximum atomic E-state index is 13.4. The number of hydrogen-bond donors (Lipinski definition) is 1. The molecule has 1 N–H and O–H groups in total. The Balaban J connectivity index is 1.52. The standard InChI is InChI=1S/C24H33NO5/c1-23(2,3)30-22(27)25-18-13-14-19(25)20(15-18)29-21(26)24(28,17-11-7-8-12-17)16-9-5-4-6-10-16/h4-6,9-10,17-20,28H,7-8,11-15H2,1-3H3/t18?,19-,20+,24+/m1/s1. The van der Waals surface area contributed by atoms with E-state index in [4.69, 9.17) is 9.47 Å². The van der Waals surface area contributed by atoms with Crippen LogP contribution in [0.3, 0.4) is 0 Å². The van der Waals surface area contributed by atoms with E-state index in [0.29, 0.717) is 12.0 Å². The fourth-order valence-corrected chi connectivity index (χ4v) is 5.44. The number of fused-ring (bicyclic) bond motifs is 2. The number of esters is 1. The van der Waals surface area contributed by atoms with Crippen LogP contribution in [0.2, 0.25) is 0 Å². The van der Waals surface area contributed by atoms with Crippen LogP contribution in [-0.2, 0) is 19.9 Å². The van der Waals surface area contributed by atoms with Gasteiger partial charge >= 0.3 is 12.1 Å². The van der Waals surface area contributed by atoms with Crippen molar-refractivity contribution in [1.82, 2.24) is 4.90 Å². The van der Waals surface area contributed by atoms with E-state index in [1.807, 2.05) is 39.0 Å². The highest BCUT2D eigenvalue weighted by Gasteiger charge is 2.54. The van der Waals surface area contributed by atoms with Crippen LogP contribution in [0.25, 0.3) is 0 Å². The maximum absolute atomic E-state index is 13.4. The van der Waals surface area contributed by atoms with Gasteiger partial charge in [0.05, 0.1) is 6.04 Å². The molecule has 0 radical (unpaired) electrons. The summed E-state index contributed by atoms with van der Waals surface area (Å²) in [6, 6.07) is 8.99. The van der Waals surface area contributed by atoms with Gasteiger partial charge in [0, 0.05) is 18.4 Å². The molecule has 2 bridgehead atoms. The number of hydrogen-bond acceptors (Lipinski definition) is 5. The van der Waals surface area contributed by atoms with E-state index in [9.17, 15) is 14.7 Å². The van der Waals surface area contributed by atoms with E-state index < -0.39 is 23.3 Å². The van der Waals surface area contributed by atoms with E-state index in [1.54, 1.807) is 17.0 Å². The van der Waals surface area contributed by atoms with Crippen LogP contribution in [0.1, 0.15) is 71.3 Å². The van der Waals surface area contributed by atoms with Crippen molar-refractivity contribution < 1.29 is 24.2 Å². The Kier molecular flexibility index (Phi) is 5.56. The highest BCUT2D eigenvalue weighted by atomic mass is 16.6. The number of carbonyl (C=O) groups excluding carboxylic acids is 2. The van der Waals surface area contributed by atoms with Crippen LogP contribution in [0.5, 0.6) is 0 Å². The van der Waals surface area contributed by atoms with Gasteiger partial charge in [-0.1, -0.05) is 43.2 Å². The molecule has 1 aliphatic carbocycles. The Labute approximate surface area is 178 Å². The van der Waals surface area contributed by atoms with Gasteiger partial charge in [0.15, 0.2) is 5.60 Å². The molecular formula is C24H33NO5. The quantitative estimate of drug-likeness (QED) is 0.748. The molecule has 2 aliphatic heterocycles. The average molecular weight is 416 g/mol. The molecule has 1 aromatic carbocycles. The van der Waals surface area contributed by atoms with E-state index in [2.05, 4.69) is 0 Å². The fourth-order valence-electron chi connectivity index (χ4n) is 5.44. The number of aliphatic hydroxyl groups is 1. The third-order valence-corrected chi connectivity index (χ3v) is 6.81. The molecule has 2 saturated heterocycles. The number of nitrogens with zero attached hydrogens (tertiary/aromatic N) is 1. The Morgan fingerprint density at radius 2 is 1.70 bits per heavy atom. The van der Waals surface area contributed by atoms with E-state index in [1.165, 1.54) is 0 Å². The second-order valence-corrected chi connectivity index (χ2v) is 9.98. The molecule has 2 heterocycles. The van der Waals surface area contributed by atoms with Crippen LogP contribution in [0.15, 0.2) is 30.3 Å². The van der Waals surface area contributed by atoms with Crippen molar-refractivity contribution >= 4 is 12.1 Å². The van der Waals surface area contributed by atoms with Crippen LogP contribution in [-0.4, -0.2) is 45.9 Å². The number of ether oxygens (including phenoxy) is 2. The minimum Gasteiger partial charge on any atom is -0.458 e. The Hall–Kier alpha value is -2.08. The van der Waals surface area contributed by atoms with Crippen molar-refractivity contribution in [3.63, 3.8) is 0 Å². The van der Waals surface area contributed by atoms with E-state index >= 15 is 0 Å². The zero-order chi connectivity index (χ0) is 21.5. The first kappa shape index (κ1) is 21.2. The molecule has 3 aliphatic rings. The van der Waals surface area contributed by atoms with Gasteiger partial charge in [0.2, 0.25) is 0 Å². The average Bonchev–Trinajstić information content (AvgIpc) is 3.43. The van der Waals surface area contributed by atoms with Crippen LogP contribution < -0.4 is 0 Å². The molecule has 0 aromatic heterocycles. The first-order valence-electron chi connectivity index (χ1n) is 11.2. The molecule has 4 atom stereocenters. The fraction of sp³-hybridized carbons (Fsp3) is 0.667. The molecular weight excluding hydrogens is 382 g/mol. The normalized spacial score (nSPS) is 28.4. The highest BCUT2D eigenvalue weighted by Crippen LogP contribution is 2.44. The van der Waals surface area contributed by atoms with Gasteiger partial charge in [-0.25, -0.2) is 9.59 Å². The smallest absolute Gasteiger partial charge is 0.410 e. The molecule has 30 heavy (non-hydrogen) atoms. The second kappa shape index (κ2) is 7.88. The SMILES string of the molecule is CC(C)(C)OC(=O)N1C2CC[C@@H]1[C@@H](OC(=O)[C@](O)(c1ccccc1)C1CCCC1)C2. The predicted octanol–water partition coefficient (Wildman–Crippen LogP) is 4.15. The Morgan fingerprint density at radius 1 is 1.03 bits per heavy atom. The lowest BCUT2D eigenvalue weighted by Gasteiger charge is -2.34. The second-order valence-electron chi connectivity index (χ2n) is 9.98. The van der Waals surface area contributed by atoms with Crippen LogP contribution in [0.4, 0.5) is 4.79 Å². The van der Waals surface area contributed by atoms with Crippen molar-refractivity contribution in [2.45, 2.75) is 95.1 Å². The van der Waals surface area contributed by atoms with Crippen molar-refractivity contribution in [2.24, 2.45) is 5.92 Å². The zero-order valence-corrected chi connectivity index (χ0v) is 18.2. The highest BCUT2D eigenvalue weighted by molar-refractivity contribution is 5.82. The summed E-state index contributed by atoms with van der Waals surface area (Å²) in [5, 5.41) is 11.6. The van der Waals surface area contributed by atoms with Crippen molar-refractivity contribution in [3.05, 3.63) is 35.9 Å². The monoisotopic (exact) mass is 415 g/mol. The topological polar surface area (TPSA) is 76.1 Å². The summed E-state index contributed by atoms with van der Waals surface area (Å²) in [6.07, 6.45) is 5.16. The molecule has 6 nitrogen and oxygen atoms in total. The van der Waals surface area contributed by atoms with Crippen molar-refractivity contribution in [1.29, 1.82) is 0 Å². The molecule has 1 amide bonds. The number of amides is 1. The van der Waals surface area contributed by atoms with Gasteiger partial charge in [0.25, 0.3) is 0 Å². The summed E-state index contributed by atoms with van der Waals surface area (Å²) in [7, 11) is 0. The first-order valence-corrected chi connectivity index (χ1v) is 11.2. The molecule has 164 valence electrons. The van der Waals surface area contributed by atoms with Gasteiger partial charge in [-0.3, -0.25) is 4.90 Å². The summed E-state index contributed by atoms with van der Waals surface area (Å²) < 4.78 is 11.5. The molecule has 1 aromatic rings. The molecule has 3 fully saturated rings. The third kappa shape index (κ3) is 3.82. The number of benzene rings is 1. The minimum absolute atomic E-state index is 0.0268. The minimum atomic E-state index is -1.64. The van der Waals surface area contributed by atoms with Gasteiger partial charge < -0.3 is 14.6 Å². The summed E-state index contributed by atoms with van der Waals surface area (Å²) >= 11 is 0. The van der Waals surface area contributed by atoms with Gasteiger partial charge in [0.1, 0.15) is 11.7 Å². The number of carbonyl (C=O) groups is 2. The Morgan fingerprint density at radius 3 is 2.33 bits per heavy atom. The van der Waals surface area contributed by atoms with E-state index in [-0.39, 0.29) is 24.1 Å². The molecule has 1 unspecified atom stereocenters. The summed E-state index contributed by atoms with van der Waals surface area (Å²) in [6.45, 7) is 5.55. The summed E-state index contributed by atoms with van der Waals surface area (Å²) in [5.74, 6) is -0.727. The summed E-state index contributed by atoms with van der Waals surface area (Å²) in [4.78, 5) is 27.8. The van der Waals surface area contributed by atoms with Crippen LogP contribution in [0, 0.1) is 5.92 Å². The van der Waals surface area contributed by atoms with Gasteiger partial charge in [-0.05, 0) is 52.0 Å². The zero-order valence-electron chi connectivity index (χ0n) is 18.2. The lowest BCUT2D eigenvalue weighted by Crippen LogP contribution is -2.47. The summed E-state index contributed by atoms with van der Waals surface area (Å²) in [5.41, 5.74) is -1.62. The van der Waals surface area contributed by atoms with Gasteiger partial charge in [-0.15, -0.1) is 0 Å². The van der Waals surface area contributed by atoms with E-state index in [0.717, 1.165) is 38.5 Å². The largest absolute Gasteiger partial charge is 0.458 e. The molecule has 1 saturated carbocycles. The molecule has 0 spiro atoms. The van der Waals surface area contributed by atoms with Crippen molar-refractivity contribution in [3.8, 4) is 0 Å². The van der Waals surface area contributed by atoms with Crippen molar-refractivity contribution in [2.75, 3.05) is 0 Å². The molecule has 4 rings (SSSR count). The lowest BCUT2D eigenvalue weighted by atomic mass is 9.80. The number of rotatable bonds is 4. The maximum Gasteiger partial charge on any atom is 0.410 e. The third-order valence-electron chi connectivity index (χ3n) is 6.81. The lowest BCUT2D eigenvalue weighted by molar-refractivity contribution is -0.180.